The van der Waals surface area contributed by atoms with Gasteiger partial charge < -0.3 is 21.1 Å². The van der Waals surface area contributed by atoms with Gasteiger partial charge in [-0.25, -0.2) is 14.8 Å². The number of nitrogen functional groups attached to an aromatic ring is 1. The van der Waals surface area contributed by atoms with Gasteiger partial charge in [0.05, 0.1) is 42.0 Å². The number of nitrogens with zero attached hydrogens (tertiary/aromatic N) is 2. The molecule has 1 heterocycles. The summed E-state index contributed by atoms with van der Waals surface area (Å²) in [6, 6.07) is 2.61. The molecule has 1 aromatic carbocycles. The zero-order chi connectivity index (χ0) is 21.5. The van der Waals surface area contributed by atoms with Crippen LogP contribution in [0.25, 0.3) is 11.3 Å². The molecule has 1 aromatic heterocycles. The maximum Gasteiger partial charge on any atom is 0.423 e. The lowest BCUT2D eigenvalue weighted by molar-refractivity contribution is -0.277. The van der Waals surface area contributed by atoms with Crippen molar-refractivity contribution in [1.82, 2.24) is 9.97 Å². The molecule has 5 N–H and O–H groups in total. The van der Waals surface area contributed by atoms with Gasteiger partial charge in [-0.1, -0.05) is 17.7 Å². The fraction of sp³-hybridized carbons (Fsp3) is 0.267. The Bertz CT molecular complexity index is 922. The van der Waals surface area contributed by atoms with E-state index in [9.17, 15) is 23.1 Å². The Kier molecular flexibility index (Phi) is 5.55. The molecule has 7 nitrogen and oxygen atoms in total. The Balaban J connectivity index is 2.81. The summed E-state index contributed by atoms with van der Waals surface area (Å²) in [6.07, 6.45) is -4.26. The number of hydrogen-bond donors (Lipinski definition) is 4. The number of benzene rings is 1. The number of carboxylic acids is 1. The molecular weight excluding hydrogens is 376 g/mol. The first kappa shape index (κ1) is 21.8. The molecule has 0 saturated heterocycles. The van der Waals surface area contributed by atoms with E-state index in [0.717, 1.165) is 24.4 Å². The highest BCUT2D eigenvalue weighted by atomic mass is 19.4. The highest BCUT2D eigenvalue weighted by molar-refractivity contribution is 6.59. The molecule has 0 bridgehead atoms. The van der Waals surface area contributed by atoms with E-state index in [4.69, 9.17) is 39.5 Å². The second kappa shape index (κ2) is 7.14. The van der Waals surface area contributed by atoms with Crippen molar-refractivity contribution in [3.05, 3.63) is 41.2 Å². The number of carboxylic acid groups (broad SMARTS) is 1. The lowest BCUT2D eigenvalue weighted by atomic mass is 9.39. The molecule has 1 atom stereocenters. The van der Waals surface area contributed by atoms with Crippen LogP contribution in [-0.4, -0.2) is 67.6 Å². The van der Waals surface area contributed by atoms with E-state index in [0.29, 0.717) is 0 Å². The minimum Gasteiger partial charge on any atom is -0.476 e. The minimum atomic E-state index is -5.23. The predicted molar refractivity (Wildman–Crippen MR) is 94.8 cm³/mol. The number of rotatable bonds is 5. The standard InChI is InChI=1S/C15H11B3F3N3O4/c16-14(17,18)8-2-1-6(13(28,5-25)15(19,20)21)3-7(8)9-4-23-11(22)10(24-9)12(26)27/h1-4,25,28H,5H2,(H2,22,23)(H,26,27). The van der Waals surface area contributed by atoms with Crippen LogP contribution in [0.5, 0.6) is 0 Å². The summed E-state index contributed by atoms with van der Waals surface area (Å²) in [7, 11) is 16.9. The van der Waals surface area contributed by atoms with Crippen molar-refractivity contribution in [2.24, 2.45) is 0 Å². The van der Waals surface area contributed by atoms with E-state index in [1.165, 1.54) is 0 Å². The van der Waals surface area contributed by atoms with Crippen LogP contribution in [0.1, 0.15) is 21.6 Å². The minimum absolute atomic E-state index is 0.130. The van der Waals surface area contributed by atoms with Gasteiger partial charge in [0.25, 0.3) is 0 Å². The topological polar surface area (TPSA) is 130 Å². The third-order valence-corrected chi connectivity index (χ3v) is 3.94. The van der Waals surface area contributed by atoms with Gasteiger partial charge in [-0.2, -0.15) is 13.2 Å². The number of aliphatic hydroxyl groups is 2. The van der Waals surface area contributed by atoms with Crippen molar-refractivity contribution in [2.75, 3.05) is 12.3 Å². The summed E-state index contributed by atoms with van der Waals surface area (Å²) in [5.41, 5.74) is -0.276. The smallest absolute Gasteiger partial charge is 0.423 e. The second-order valence-electron chi connectivity index (χ2n) is 6.00. The summed E-state index contributed by atoms with van der Waals surface area (Å²) in [4.78, 5) is 18.6. The summed E-state index contributed by atoms with van der Waals surface area (Å²) < 4.78 is 39.8. The number of alkyl halides is 3. The highest BCUT2D eigenvalue weighted by Gasteiger charge is 2.55. The van der Waals surface area contributed by atoms with Gasteiger partial charge in [0.2, 0.25) is 5.60 Å². The first-order valence-electron chi connectivity index (χ1n) is 7.50. The van der Waals surface area contributed by atoms with Crippen LogP contribution in [0.3, 0.4) is 0 Å². The van der Waals surface area contributed by atoms with E-state index < -0.39 is 46.5 Å². The third-order valence-electron chi connectivity index (χ3n) is 3.94. The number of carbonyl (C=O) groups is 1. The molecule has 1 unspecified atom stereocenters. The Morgan fingerprint density at radius 1 is 1.21 bits per heavy atom. The molecule has 2 rings (SSSR count). The average Bonchev–Trinajstić information content (AvgIpc) is 2.58. The lowest BCUT2D eigenvalue weighted by Crippen LogP contribution is -2.45. The summed E-state index contributed by atoms with van der Waals surface area (Å²) in [5.74, 6) is -1.97. The molecule has 140 valence electrons. The molecule has 0 spiro atoms. The van der Waals surface area contributed by atoms with Crippen LogP contribution >= 0.6 is 0 Å². The molecule has 0 aliphatic heterocycles. The molecule has 13 heteroatoms. The van der Waals surface area contributed by atoms with E-state index >= 15 is 0 Å². The van der Waals surface area contributed by atoms with Crippen LogP contribution < -0.4 is 5.73 Å². The van der Waals surface area contributed by atoms with Crippen molar-refractivity contribution in [3.63, 3.8) is 0 Å². The molecule has 0 amide bonds. The molecule has 2 aromatic rings. The van der Waals surface area contributed by atoms with Crippen molar-refractivity contribution >= 4 is 35.3 Å². The molecule has 6 radical (unpaired) electrons. The first-order chi connectivity index (χ1) is 12.7. The molecule has 0 aliphatic rings. The predicted octanol–water partition coefficient (Wildman–Crippen LogP) is -0.218. The van der Waals surface area contributed by atoms with Crippen molar-refractivity contribution in [2.45, 2.75) is 16.9 Å². The monoisotopic (exact) mass is 387 g/mol. The van der Waals surface area contributed by atoms with E-state index in [1.54, 1.807) is 0 Å². The van der Waals surface area contributed by atoms with Crippen LogP contribution in [-0.2, 0) is 10.7 Å². The molecule has 28 heavy (non-hydrogen) atoms. The number of aliphatic hydroxyl groups excluding tert-OH is 1. The fourth-order valence-corrected chi connectivity index (χ4v) is 2.42. The van der Waals surface area contributed by atoms with Crippen LogP contribution in [0, 0.1) is 0 Å². The molecule has 0 aliphatic carbocycles. The summed E-state index contributed by atoms with van der Waals surface area (Å²) >= 11 is 0. The summed E-state index contributed by atoms with van der Waals surface area (Å²) in [6.45, 7) is -1.68. The first-order valence-corrected chi connectivity index (χ1v) is 7.50. The molecule has 0 fully saturated rings. The van der Waals surface area contributed by atoms with Crippen LogP contribution in [0.15, 0.2) is 24.4 Å². The molecular formula is C15H11B3F3N3O4. The maximum atomic E-state index is 13.3. The third kappa shape index (κ3) is 3.85. The lowest BCUT2D eigenvalue weighted by Gasteiger charge is -2.31. The van der Waals surface area contributed by atoms with Gasteiger partial charge in [-0.15, -0.1) is 5.11 Å². The van der Waals surface area contributed by atoms with E-state index in [1.807, 2.05) is 0 Å². The average molecular weight is 387 g/mol. The van der Waals surface area contributed by atoms with Crippen molar-refractivity contribution in [3.8, 4) is 11.3 Å². The molecule has 0 saturated carbocycles. The highest BCUT2D eigenvalue weighted by Crippen LogP contribution is 2.41. The SMILES string of the molecule is [B]C([B])([B])c1ccc(C(O)(CO)C(F)(F)F)cc1-c1cnc(N)c(C(=O)O)n1. The van der Waals surface area contributed by atoms with Crippen molar-refractivity contribution < 1.29 is 33.3 Å². The Hall–Kier alpha value is -2.53. The van der Waals surface area contributed by atoms with Crippen LogP contribution in [0.4, 0.5) is 19.0 Å². The Morgan fingerprint density at radius 3 is 2.29 bits per heavy atom. The summed E-state index contributed by atoms with van der Waals surface area (Å²) in [5, 5.41) is 26.2. The number of aromatic nitrogens is 2. The van der Waals surface area contributed by atoms with Gasteiger partial charge in [-0.3, -0.25) is 0 Å². The van der Waals surface area contributed by atoms with E-state index in [-0.39, 0.29) is 16.8 Å². The number of halogens is 3. The second-order valence-corrected chi connectivity index (χ2v) is 6.00. The zero-order valence-corrected chi connectivity index (χ0v) is 14.1. The van der Waals surface area contributed by atoms with Gasteiger partial charge in [-0.05, 0) is 11.6 Å². The Morgan fingerprint density at radius 2 is 1.82 bits per heavy atom. The normalized spacial score (nSPS) is 14.5. The number of anilines is 1. The number of nitrogens with two attached hydrogens (primary N) is 1. The quantitative estimate of drug-likeness (QED) is 0.523. The largest absolute Gasteiger partial charge is 0.476 e. The fourth-order valence-electron chi connectivity index (χ4n) is 2.42. The number of aromatic carboxylic acids is 1. The van der Waals surface area contributed by atoms with E-state index in [2.05, 4.69) is 9.97 Å². The van der Waals surface area contributed by atoms with Gasteiger partial charge in [0, 0.05) is 5.56 Å². The van der Waals surface area contributed by atoms with Crippen LogP contribution in [0.2, 0.25) is 0 Å². The number of hydrogen-bond acceptors (Lipinski definition) is 6. The Labute approximate surface area is 161 Å². The van der Waals surface area contributed by atoms with Crippen molar-refractivity contribution in [1.29, 1.82) is 0 Å². The zero-order valence-electron chi connectivity index (χ0n) is 14.1. The van der Waals surface area contributed by atoms with Gasteiger partial charge in [0.15, 0.2) is 11.5 Å². The van der Waals surface area contributed by atoms with Gasteiger partial charge in [0.1, 0.15) is 0 Å². The maximum absolute atomic E-state index is 13.3. The van der Waals surface area contributed by atoms with Gasteiger partial charge >= 0.3 is 12.1 Å².